The van der Waals surface area contributed by atoms with Gasteiger partial charge in [0.15, 0.2) is 0 Å². The van der Waals surface area contributed by atoms with Crippen LogP contribution in [0.5, 0.6) is 0 Å². The monoisotopic (exact) mass is 271 g/mol. The molecular weight excluding hydrogens is 253 g/mol. The first kappa shape index (κ1) is 14.8. The molecule has 100 valence electrons. The Morgan fingerprint density at radius 1 is 1.39 bits per heavy atom. The van der Waals surface area contributed by atoms with E-state index in [1.165, 1.54) is 18.2 Å². The molecule has 0 heterocycles. The molecule has 0 saturated carbocycles. The maximum absolute atomic E-state index is 13.0. The van der Waals surface area contributed by atoms with Crippen molar-refractivity contribution < 1.29 is 13.4 Å². The Morgan fingerprint density at radius 3 is 2.50 bits per heavy atom. The lowest BCUT2D eigenvalue weighted by Gasteiger charge is -2.23. The lowest BCUT2D eigenvalue weighted by Crippen LogP contribution is -2.46. The summed E-state index contributed by atoms with van der Waals surface area (Å²) in [6.45, 7) is 7.12. The van der Waals surface area contributed by atoms with Crippen molar-refractivity contribution >= 4 is 16.7 Å². The number of hydrogen-bond acceptors (Lipinski definition) is 2. The second-order valence-electron chi connectivity index (χ2n) is 5.14. The Balaban J connectivity index is 2.81. The summed E-state index contributed by atoms with van der Waals surface area (Å²) in [4.78, 5) is 12.2. The highest BCUT2D eigenvalue weighted by molar-refractivity contribution is 7.86. The van der Waals surface area contributed by atoms with Gasteiger partial charge in [0, 0.05) is 10.4 Å². The van der Waals surface area contributed by atoms with Gasteiger partial charge in [-0.15, -0.1) is 0 Å². The van der Waals surface area contributed by atoms with Gasteiger partial charge in [0.25, 0.3) is 0 Å². The van der Waals surface area contributed by atoms with E-state index in [1.807, 2.05) is 20.8 Å². The van der Waals surface area contributed by atoms with Crippen LogP contribution in [0, 0.1) is 5.82 Å². The molecule has 1 N–H and O–H groups in total. The van der Waals surface area contributed by atoms with E-state index in [1.54, 1.807) is 13.0 Å². The number of nitrogens with one attached hydrogen (secondary N) is 1. The first-order valence-electron chi connectivity index (χ1n) is 5.69. The van der Waals surface area contributed by atoms with Gasteiger partial charge in [0.2, 0.25) is 5.91 Å². The summed E-state index contributed by atoms with van der Waals surface area (Å²) in [5.41, 5.74) is -0.377. The Morgan fingerprint density at radius 2 is 2.00 bits per heavy atom. The van der Waals surface area contributed by atoms with E-state index in [0.717, 1.165) is 0 Å². The smallest absolute Gasteiger partial charge is 0.236 e. The largest absolute Gasteiger partial charge is 0.350 e. The summed E-state index contributed by atoms with van der Waals surface area (Å²) in [6, 6.07) is 5.51. The zero-order chi connectivity index (χ0) is 13.9. The van der Waals surface area contributed by atoms with Crippen LogP contribution in [0.2, 0.25) is 0 Å². The van der Waals surface area contributed by atoms with Crippen molar-refractivity contribution in [3.8, 4) is 0 Å². The van der Waals surface area contributed by atoms with E-state index in [4.69, 9.17) is 0 Å². The van der Waals surface area contributed by atoms with E-state index in [0.29, 0.717) is 4.90 Å². The van der Waals surface area contributed by atoms with Crippen LogP contribution in [0.25, 0.3) is 0 Å². The van der Waals surface area contributed by atoms with Crippen molar-refractivity contribution in [3.63, 3.8) is 0 Å². The molecule has 18 heavy (non-hydrogen) atoms. The molecule has 2 unspecified atom stereocenters. The van der Waals surface area contributed by atoms with E-state index in [2.05, 4.69) is 5.32 Å². The summed E-state index contributed by atoms with van der Waals surface area (Å²) in [7, 11) is -1.56. The molecule has 0 aliphatic rings. The number of carbonyl (C=O) groups is 1. The average Bonchev–Trinajstić information content (AvgIpc) is 2.24. The molecular formula is C13H18FNO2S. The van der Waals surface area contributed by atoms with Crippen LogP contribution in [0.15, 0.2) is 29.2 Å². The second kappa shape index (κ2) is 5.61. The van der Waals surface area contributed by atoms with Gasteiger partial charge in [-0.1, -0.05) is 6.07 Å². The van der Waals surface area contributed by atoms with Gasteiger partial charge in [-0.05, 0) is 45.9 Å². The number of amides is 1. The molecule has 3 nitrogen and oxygen atoms in total. The fourth-order valence-corrected chi connectivity index (χ4v) is 2.47. The Kier molecular flexibility index (Phi) is 4.62. The molecule has 0 fully saturated rings. The highest BCUT2D eigenvalue weighted by Gasteiger charge is 2.24. The highest BCUT2D eigenvalue weighted by Crippen LogP contribution is 2.13. The zero-order valence-corrected chi connectivity index (χ0v) is 11.8. The molecule has 1 rings (SSSR count). The van der Waals surface area contributed by atoms with Crippen LogP contribution >= 0.6 is 0 Å². The van der Waals surface area contributed by atoms with Gasteiger partial charge < -0.3 is 5.32 Å². The lowest BCUT2D eigenvalue weighted by molar-refractivity contribution is -0.121. The van der Waals surface area contributed by atoms with Crippen LogP contribution in [-0.2, 0) is 15.6 Å². The molecule has 5 heteroatoms. The molecule has 2 atom stereocenters. The second-order valence-corrected chi connectivity index (χ2v) is 6.91. The molecule has 0 radical (unpaired) electrons. The quantitative estimate of drug-likeness (QED) is 0.916. The third kappa shape index (κ3) is 4.22. The van der Waals surface area contributed by atoms with E-state index >= 15 is 0 Å². The molecule has 0 bridgehead atoms. The summed E-state index contributed by atoms with van der Waals surface area (Å²) >= 11 is 0. The van der Waals surface area contributed by atoms with E-state index in [9.17, 15) is 13.4 Å². The van der Waals surface area contributed by atoms with Crippen LogP contribution in [0.1, 0.15) is 27.7 Å². The number of carbonyl (C=O) groups excluding carboxylic acids is 1. The Labute approximate surface area is 109 Å². The first-order valence-corrected chi connectivity index (χ1v) is 6.90. The van der Waals surface area contributed by atoms with Crippen LogP contribution < -0.4 is 5.32 Å². The van der Waals surface area contributed by atoms with Gasteiger partial charge >= 0.3 is 0 Å². The molecule has 1 aromatic rings. The van der Waals surface area contributed by atoms with E-state index < -0.39 is 21.9 Å². The SMILES string of the molecule is CC(C(=O)NC(C)(C)C)S(=O)c1cccc(F)c1. The van der Waals surface area contributed by atoms with Crippen LogP contribution in [-0.4, -0.2) is 20.9 Å². The standard InChI is InChI=1S/C13H18FNO2S/c1-9(12(16)15-13(2,3)4)18(17)11-7-5-6-10(14)8-11/h5-9H,1-4H3,(H,15,16). The maximum Gasteiger partial charge on any atom is 0.236 e. The topological polar surface area (TPSA) is 46.2 Å². The van der Waals surface area contributed by atoms with Gasteiger partial charge in [-0.2, -0.15) is 0 Å². The zero-order valence-electron chi connectivity index (χ0n) is 11.0. The van der Waals surface area contributed by atoms with Crippen molar-refractivity contribution in [3.05, 3.63) is 30.1 Å². The molecule has 1 aromatic carbocycles. The highest BCUT2D eigenvalue weighted by atomic mass is 32.2. The predicted molar refractivity (Wildman–Crippen MR) is 70.2 cm³/mol. The Bertz CT molecular complexity index is 468. The maximum atomic E-state index is 13.0. The molecule has 0 aromatic heterocycles. The van der Waals surface area contributed by atoms with Crippen LogP contribution in [0.4, 0.5) is 4.39 Å². The fraction of sp³-hybridized carbons (Fsp3) is 0.462. The first-order chi connectivity index (χ1) is 8.20. The number of benzene rings is 1. The summed E-state index contributed by atoms with van der Waals surface area (Å²) in [5, 5.41) is 2.04. The van der Waals surface area contributed by atoms with Gasteiger partial charge in [0.1, 0.15) is 11.1 Å². The minimum Gasteiger partial charge on any atom is -0.350 e. The third-order valence-corrected chi connectivity index (χ3v) is 3.79. The van der Waals surface area contributed by atoms with Crippen molar-refractivity contribution in [2.45, 2.75) is 43.4 Å². The average molecular weight is 271 g/mol. The van der Waals surface area contributed by atoms with Gasteiger partial charge in [-0.3, -0.25) is 9.00 Å². The predicted octanol–water partition coefficient (Wildman–Crippen LogP) is 2.24. The summed E-state index contributed by atoms with van der Waals surface area (Å²) in [5.74, 6) is -0.755. The molecule has 0 aliphatic heterocycles. The molecule has 0 saturated heterocycles. The number of halogens is 1. The molecule has 0 spiro atoms. The molecule has 1 amide bonds. The van der Waals surface area contributed by atoms with Gasteiger partial charge in [0.05, 0.1) is 10.8 Å². The number of rotatable bonds is 3. The number of hydrogen-bond donors (Lipinski definition) is 1. The summed E-state index contributed by atoms with van der Waals surface area (Å²) in [6.07, 6.45) is 0. The van der Waals surface area contributed by atoms with Gasteiger partial charge in [-0.25, -0.2) is 4.39 Å². The van der Waals surface area contributed by atoms with Crippen molar-refractivity contribution in [2.24, 2.45) is 0 Å². The third-order valence-electron chi connectivity index (χ3n) is 2.22. The fourth-order valence-electron chi connectivity index (χ4n) is 1.36. The normalized spacial score (nSPS) is 14.9. The van der Waals surface area contributed by atoms with Crippen molar-refractivity contribution in [1.29, 1.82) is 0 Å². The minimum atomic E-state index is -1.56. The van der Waals surface area contributed by atoms with Crippen LogP contribution in [0.3, 0.4) is 0 Å². The molecule has 0 aliphatic carbocycles. The van der Waals surface area contributed by atoms with Crippen molar-refractivity contribution in [1.82, 2.24) is 5.32 Å². The van der Waals surface area contributed by atoms with E-state index in [-0.39, 0.29) is 11.4 Å². The Hall–Kier alpha value is -1.23. The lowest BCUT2D eigenvalue weighted by atomic mass is 10.1. The van der Waals surface area contributed by atoms with Crippen molar-refractivity contribution in [2.75, 3.05) is 0 Å². The minimum absolute atomic E-state index is 0.301. The summed E-state index contributed by atoms with van der Waals surface area (Å²) < 4.78 is 25.1.